The number of fused-ring (bicyclic) bond motifs is 2. The fraction of sp³-hybridized carbons (Fsp3) is 0.333. The van der Waals surface area contributed by atoms with Crippen LogP contribution in [0.25, 0.3) is 11.0 Å². The normalized spacial score (nSPS) is 14.6. The molecule has 1 aromatic heterocycles. The number of hydrogen-bond acceptors (Lipinski definition) is 6. The van der Waals surface area contributed by atoms with E-state index >= 15 is 0 Å². The average Bonchev–Trinajstić information content (AvgIpc) is 3.23. The number of amides is 1. The van der Waals surface area contributed by atoms with Crippen LogP contribution in [0, 0.1) is 19.8 Å². The monoisotopic (exact) mass is 541 g/mol. The van der Waals surface area contributed by atoms with E-state index < -0.39 is 6.04 Å². The standard InChI is InChI=1S/C33H35NO6/c1-7-38-28-18-22(8-13-26(28)39-15-14-19(2)3)30-29-31(35)25-16-20(4)21(5)17-27(25)40-32(29)33(36)34(30)23-9-11-24(37-6)12-10-23/h8-13,16-19,30H,7,14-15H2,1-6H3. The number of nitrogens with zero attached hydrogens (tertiary/aromatic N) is 1. The Bertz CT molecular complexity index is 1620. The number of aryl methyl sites for hydroxylation is 2. The molecule has 5 rings (SSSR count). The maximum absolute atomic E-state index is 14.1. The number of rotatable bonds is 9. The lowest BCUT2D eigenvalue weighted by atomic mass is 9.97. The highest BCUT2D eigenvalue weighted by Crippen LogP contribution is 2.43. The van der Waals surface area contributed by atoms with Gasteiger partial charge in [-0.15, -0.1) is 0 Å². The van der Waals surface area contributed by atoms with Gasteiger partial charge in [-0.25, -0.2) is 0 Å². The minimum Gasteiger partial charge on any atom is -0.497 e. The molecule has 1 aliphatic heterocycles. The molecule has 208 valence electrons. The van der Waals surface area contributed by atoms with E-state index in [1.807, 2.05) is 51.1 Å². The SMILES string of the molecule is CCOc1cc(C2c3c(oc4cc(C)c(C)cc4c3=O)C(=O)N2c2ccc(OC)cc2)ccc1OCCC(C)C. The Hall–Kier alpha value is -4.26. The fourth-order valence-electron chi connectivity index (χ4n) is 5.04. The summed E-state index contributed by atoms with van der Waals surface area (Å²) in [5.74, 6) is 2.04. The molecular formula is C33H35NO6. The van der Waals surface area contributed by atoms with Crippen molar-refractivity contribution < 1.29 is 23.4 Å². The molecule has 0 fully saturated rings. The molecule has 2 heterocycles. The first-order valence-electron chi connectivity index (χ1n) is 13.7. The van der Waals surface area contributed by atoms with E-state index in [0.29, 0.717) is 58.6 Å². The van der Waals surface area contributed by atoms with Gasteiger partial charge in [0.25, 0.3) is 5.91 Å². The highest BCUT2D eigenvalue weighted by Gasteiger charge is 2.44. The quantitative estimate of drug-likeness (QED) is 0.227. The van der Waals surface area contributed by atoms with Crippen LogP contribution in [-0.4, -0.2) is 26.2 Å². The zero-order chi connectivity index (χ0) is 28.6. The number of benzene rings is 3. The molecule has 7 heteroatoms. The predicted molar refractivity (Wildman–Crippen MR) is 156 cm³/mol. The number of methoxy groups -OCH3 is 1. The number of carbonyl (C=O) groups excluding carboxylic acids is 1. The van der Waals surface area contributed by atoms with Crippen LogP contribution in [0.4, 0.5) is 5.69 Å². The first kappa shape index (κ1) is 27.3. The molecule has 0 saturated carbocycles. The van der Waals surface area contributed by atoms with Crippen LogP contribution in [0.1, 0.15) is 66.0 Å². The van der Waals surface area contributed by atoms with Crippen molar-refractivity contribution >= 4 is 22.6 Å². The highest BCUT2D eigenvalue weighted by atomic mass is 16.5. The summed E-state index contributed by atoms with van der Waals surface area (Å²) in [5.41, 5.74) is 3.80. The van der Waals surface area contributed by atoms with Crippen LogP contribution < -0.4 is 24.5 Å². The van der Waals surface area contributed by atoms with E-state index in [0.717, 1.165) is 23.1 Å². The van der Waals surface area contributed by atoms with Crippen LogP contribution in [0.2, 0.25) is 0 Å². The van der Waals surface area contributed by atoms with Crippen molar-refractivity contribution in [2.45, 2.75) is 47.1 Å². The van der Waals surface area contributed by atoms with Gasteiger partial charge >= 0.3 is 0 Å². The second-order valence-electron chi connectivity index (χ2n) is 10.6. The Labute approximate surface area is 234 Å². The zero-order valence-corrected chi connectivity index (χ0v) is 23.9. The van der Waals surface area contributed by atoms with Gasteiger partial charge in [-0.1, -0.05) is 19.9 Å². The van der Waals surface area contributed by atoms with Gasteiger partial charge in [-0.05, 0) is 98.3 Å². The van der Waals surface area contributed by atoms with E-state index in [4.69, 9.17) is 18.6 Å². The lowest BCUT2D eigenvalue weighted by Gasteiger charge is -2.26. The largest absolute Gasteiger partial charge is 0.497 e. The summed E-state index contributed by atoms with van der Waals surface area (Å²) in [5, 5.41) is 0.454. The van der Waals surface area contributed by atoms with Crippen molar-refractivity contribution in [2.24, 2.45) is 5.92 Å². The van der Waals surface area contributed by atoms with Crippen molar-refractivity contribution in [1.82, 2.24) is 0 Å². The molecular weight excluding hydrogens is 506 g/mol. The zero-order valence-electron chi connectivity index (χ0n) is 23.9. The number of carbonyl (C=O) groups is 1. The second-order valence-corrected chi connectivity index (χ2v) is 10.6. The van der Waals surface area contributed by atoms with E-state index in [9.17, 15) is 9.59 Å². The van der Waals surface area contributed by atoms with Gasteiger partial charge in [0, 0.05) is 5.69 Å². The lowest BCUT2D eigenvalue weighted by Crippen LogP contribution is -2.29. The molecule has 1 amide bonds. The molecule has 7 nitrogen and oxygen atoms in total. The van der Waals surface area contributed by atoms with Crippen LogP contribution in [0.15, 0.2) is 63.8 Å². The molecule has 1 aliphatic rings. The average molecular weight is 542 g/mol. The summed E-state index contributed by atoms with van der Waals surface area (Å²) < 4.78 is 23.5. The van der Waals surface area contributed by atoms with E-state index in [-0.39, 0.29) is 17.1 Å². The van der Waals surface area contributed by atoms with Gasteiger partial charge in [0.05, 0.1) is 37.3 Å². The van der Waals surface area contributed by atoms with Crippen LogP contribution >= 0.6 is 0 Å². The van der Waals surface area contributed by atoms with Gasteiger partial charge in [-0.2, -0.15) is 0 Å². The van der Waals surface area contributed by atoms with Gasteiger partial charge in [0.1, 0.15) is 11.3 Å². The van der Waals surface area contributed by atoms with Gasteiger partial charge < -0.3 is 18.6 Å². The van der Waals surface area contributed by atoms with Gasteiger partial charge in [0.15, 0.2) is 16.9 Å². The summed E-state index contributed by atoms with van der Waals surface area (Å²) in [7, 11) is 1.59. The third-order valence-corrected chi connectivity index (χ3v) is 7.37. The Kier molecular flexibility index (Phi) is 7.57. The fourth-order valence-corrected chi connectivity index (χ4v) is 5.04. The molecule has 4 aromatic rings. The molecule has 0 bridgehead atoms. The Morgan fingerprint density at radius 3 is 2.33 bits per heavy atom. The van der Waals surface area contributed by atoms with Crippen molar-refractivity contribution in [1.29, 1.82) is 0 Å². The van der Waals surface area contributed by atoms with Gasteiger partial charge in [0.2, 0.25) is 5.76 Å². The molecule has 1 atom stereocenters. The van der Waals surface area contributed by atoms with Crippen molar-refractivity contribution in [2.75, 3.05) is 25.2 Å². The first-order valence-corrected chi connectivity index (χ1v) is 13.7. The number of anilines is 1. The topological polar surface area (TPSA) is 78.2 Å². The number of ether oxygens (including phenoxy) is 3. The summed E-state index contributed by atoms with van der Waals surface area (Å²) in [6.45, 7) is 11.1. The smallest absolute Gasteiger partial charge is 0.295 e. The lowest BCUT2D eigenvalue weighted by molar-refractivity contribution is 0.0971. The Morgan fingerprint density at radius 1 is 0.925 bits per heavy atom. The Morgan fingerprint density at radius 2 is 1.65 bits per heavy atom. The van der Waals surface area contributed by atoms with Crippen LogP contribution in [-0.2, 0) is 0 Å². The Balaban J connectivity index is 1.70. The predicted octanol–water partition coefficient (Wildman–Crippen LogP) is 6.99. The third kappa shape index (κ3) is 4.92. The summed E-state index contributed by atoms with van der Waals surface area (Å²) in [4.78, 5) is 29.6. The molecule has 3 aromatic carbocycles. The molecule has 40 heavy (non-hydrogen) atoms. The molecule has 0 radical (unpaired) electrons. The van der Waals surface area contributed by atoms with Crippen molar-refractivity contribution in [3.05, 3.63) is 92.8 Å². The molecule has 1 unspecified atom stereocenters. The third-order valence-electron chi connectivity index (χ3n) is 7.37. The maximum atomic E-state index is 14.1. The van der Waals surface area contributed by atoms with Crippen molar-refractivity contribution in [3.63, 3.8) is 0 Å². The van der Waals surface area contributed by atoms with E-state index in [2.05, 4.69) is 13.8 Å². The second kappa shape index (κ2) is 11.1. The number of hydrogen-bond donors (Lipinski definition) is 0. The van der Waals surface area contributed by atoms with E-state index in [1.54, 1.807) is 36.3 Å². The molecule has 0 saturated heterocycles. The minimum absolute atomic E-state index is 0.0526. The molecule has 0 N–H and O–H groups in total. The van der Waals surface area contributed by atoms with Crippen LogP contribution in [0.5, 0.6) is 17.2 Å². The summed E-state index contributed by atoms with van der Waals surface area (Å²) in [6.07, 6.45) is 0.913. The first-order chi connectivity index (χ1) is 19.2. The van der Waals surface area contributed by atoms with E-state index in [1.165, 1.54) is 0 Å². The highest BCUT2D eigenvalue weighted by molar-refractivity contribution is 6.10. The summed E-state index contributed by atoms with van der Waals surface area (Å²) >= 11 is 0. The van der Waals surface area contributed by atoms with Gasteiger partial charge in [-0.3, -0.25) is 14.5 Å². The summed E-state index contributed by atoms with van der Waals surface area (Å²) in [6, 6.07) is 15.7. The minimum atomic E-state index is -0.720. The molecule has 0 aliphatic carbocycles. The van der Waals surface area contributed by atoms with Crippen molar-refractivity contribution in [3.8, 4) is 17.2 Å². The maximum Gasteiger partial charge on any atom is 0.295 e. The molecule has 0 spiro atoms. The van der Waals surface area contributed by atoms with Crippen LogP contribution in [0.3, 0.4) is 0 Å².